The van der Waals surface area contributed by atoms with Gasteiger partial charge in [-0.1, -0.05) is 39.5 Å². The fourth-order valence-corrected chi connectivity index (χ4v) is 9.77. The molecule has 49 heavy (non-hydrogen) atoms. The van der Waals surface area contributed by atoms with Gasteiger partial charge in [-0.05, 0) is 84.4 Å². The largest absolute Gasteiger partial charge is 0.368 e. The van der Waals surface area contributed by atoms with Crippen LogP contribution < -0.4 is 15.5 Å². The van der Waals surface area contributed by atoms with Crippen molar-refractivity contribution in [1.29, 1.82) is 0 Å². The van der Waals surface area contributed by atoms with Gasteiger partial charge in [-0.15, -0.1) is 0 Å². The summed E-state index contributed by atoms with van der Waals surface area (Å²) in [5.41, 5.74) is 3.73. The number of carbonyl (C=O) groups excluding carboxylic acids is 5. The smallest absolute Gasteiger partial charge is 0.262 e. The highest BCUT2D eigenvalue weighted by molar-refractivity contribution is 6.23. The third kappa shape index (κ3) is 5.34. The first kappa shape index (κ1) is 31.8. The lowest BCUT2D eigenvalue weighted by Gasteiger charge is -2.63. The van der Waals surface area contributed by atoms with Gasteiger partial charge < -0.3 is 10.2 Å². The molecule has 4 heterocycles. The van der Waals surface area contributed by atoms with E-state index >= 15 is 0 Å². The molecule has 2 saturated carbocycles. The summed E-state index contributed by atoms with van der Waals surface area (Å²) in [5, 5.41) is 5.49. The van der Waals surface area contributed by atoms with E-state index in [1.807, 2.05) is 30.3 Å². The fraction of sp³-hybridized carbons (Fsp3) is 0.513. The Morgan fingerprint density at radius 2 is 1.57 bits per heavy atom. The van der Waals surface area contributed by atoms with Crippen molar-refractivity contribution in [2.75, 3.05) is 31.1 Å². The zero-order valence-corrected chi connectivity index (χ0v) is 28.6. The number of nitrogens with one attached hydrogen (secondary N) is 2. The fourth-order valence-electron chi connectivity index (χ4n) is 9.77. The van der Waals surface area contributed by atoms with Crippen molar-refractivity contribution in [2.24, 2.45) is 22.2 Å². The number of nitrogens with zero attached hydrogens (tertiary/aromatic N) is 3. The molecule has 2 N–H and O–H groups in total. The summed E-state index contributed by atoms with van der Waals surface area (Å²) in [4.78, 5) is 68.8. The van der Waals surface area contributed by atoms with Gasteiger partial charge >= 0.3 is 0 Å². The van der Waals surface area contributed by atoms with Crippen LogP contribution in [0.15, 0.2) is 42.5 Å². The monoisotopic (exact) mass is 661 g/mol. The molecule has 5 fully saturated rings. The Hall–Kier alpha value is -4.49. The molecule has 5 amide bonds. The molecule has 0 radical (unpaired) electrons. The summed E-state index contributed by atoms with van der Waals surface area (Å²) in [7, 11) is 0. The van der Waals surface area contributed by atoms with Crippen LogP contribution in [0.25, 0.3) is 0 Å². The third-order valence-corrected chi connectivity index (χ3v) is 11.9. The molecule has 2 aromatic carbocycles. The van der Waals surface area contributed by atoms with Crippen molar-refractivity contribution >= 4 is 35.2 Å². The van der Waals surface area contributed by atoms with Crippen LogP contribution in [0, 0.1) is 34.0 Å². The number of piperidine rings is 1. The maximum atomic E-state index is 13.2. The number of benzene rings is 2. The topological polar surface area (TPSA) is 119 Å². The van der Waals surface area contributed by atoms with Crippen molar-refractivity contribution in [1.82, 2.24) is 20.4 Å². The zero-order valence-electron chi connectivity index (χ0n) is 28.6. The van der Waals surface area contributed by atoms with Crippen molar-refractivity contribution in [2.45, 2.75) is 77.9 Å². The molecule has 10 nitrogen and oxygen atoms in total. The van der Waals surface area contributed by atoms with Crippen LogP contribution >= 0.6 is 0 Å². The molecule has 8 rings (SSSR count). The van der Waals surface area contributed by atoms with Crippen LogP contribution in [0.5, 0.6) is 0 Å². The van der Waals surface area contributed by atoms with Crippen LogP contribution in [0.2, 0.25) is 0 Å². The third-order valence-electron chi connectivity index (χ3n) is 11.9. The highest BCUT2D eigenvalue weighted by Gasteiger charge is 2.55. The molecule has 0 bridgehead atoms. The van der Waals surface area contributed by atoms with E-state index < -0.39 is 23.8 Å². The maximum absolute atomic E-state index is 13.2. The molecular weight excluding hydrogens is 618 g/mol. The first-order valence-corrected chi connectivity index (χ1v) is 17.5. The highest BCUT2D eigenvalue weighted by atomic mass is 16.2. The number of hydrogen-bond acceptors (Lipinski definition) is 7. The quantitative estimate of drug-likeness (QED) is 0.372. The predicted molar refractivity (Wildman–Crippen MR) is 183 cm³/mol. The van der Waals surface area contributed by atoms with E-state index in [2.05, 4.69) is 60.0 Å². The molecule has 254 valence electrons. The summed E-state index contributed by atoms with van der Waals surface area (Å²) in [6.45, 7) is 12.7. The molecule has 4 aliphatic heterocycles. The van der Waals surface area contributed by atoms with E-state index in [0.717, 1.165) is 61.6 Å². The number of likely N-dealkylation sites (tertiary alicyclic amines) is 1. The number of imide groups is 2. The molecule has 2 aromatic rings. The average molecular weight is 662 g/mol. The Labute approximate surface area is 286 Å². The van der Waals surface area contributed by atoms with Crippen LogP contribution in [0.3, 0.4) is 0 Å². The molecule has 0 aromatic heterocycles. The van der Waals surface area contributed by atoms with E-state index in [0.29, 0.717) is 34.1 Å². The molecule has 3 saturated heterocycles. The van der Waals surface area contributed by atoms with Gasteiger partial charge in [0.25, 0.3) is 17.7 Å². The van der Waals surface area contributed by atoms with Gasteiger partial charge in [0.1, 0.15) is 6.04 Å². The van der Waals surface area contributed by atoms with Crippen LogP contribution in [-0.4, -0.2) is 83.6 Å². The van der Waals surface area contributed by atoms with Crippen LogP contribution in [0.1, 0.15) is 96.4 Å². The number of carbonyl (C=O) groups is 5. The van der Waals surface area contributed by atoms with Crippen LogP contribution in [-0.2, 0) is 9.59 Å². The van der Waals surface area contributed by atoms with Gasteiger partial charge in [0, 0.05) is 67.4 Å². The van der Waals surface area contributed by atoms with E-state index in [1.165, 1.54) is 0 Å². The van der Waals surface area contributed by atoms with Crippen molar-refractivity contribution in [3.63, 3.8) is 0 Å². The Bertz CT molecular complexity index is 1840. The van der Waals surface area contributed by atoms with Gasteiger partial charge in [-0.2, -0.15) is 0 Å². The summed E-state index contributed by atoms with van der Waals surface area (Å²) < 4.78 is 0. The second-order valence-electron chi connectivity index (χ2n) is 16.7. The minimum absolute atomic E-state index is 0.0207. The SMILES string of the molecule is CC1(C)CC(C)(C)C1NC(=O)c1ccc(C#CC2CC3(C2)CN(C2CN(c4ccc5c(c4)C(=O)N(C4CCC(=O)NC4=O)C5=O)C2)C3)cc1. The summed E-state index contributed by atoms with van der Waals surface area (Å²) >= 11 is 0. The van der Waals surface area contributed by atoms with Crippen molar-refractivity contribution in [3.05, 3.63) is 64.7 Å². The second-order valence-corrected chi connectivity index (χ2v) is 16.7. The van der Waals surface area contributed by atoms with Crippen LogP contribution in [0.4, 0.5) is 5.69 Å². The Morgan fingerprint density at radius 1 is 0.898 bits per heavy atom. The number of amides is 5. The highest BCUT2D eigenvalue weighted by Crippen LogP contribution is 2.54. The lowest BCUT2D eigenvalue weighted by Crippen LogP contribution is -2.71. The van der Waals surface area contributed by atoms with Gasteiger partial charge in [0.15, 0.2) is 0 Å². The number of fused-ring (bicyclic) bond motifs is 1. The molecule has 1 unspecified atom stereocenters. The first-order chi connectivity index (χ1) is 23.2. The predicted octanol–water partition coefficient (Wildman–Crippen LogP) is 3.59. The standard InChI is InChI=1S/C39H43N5O5/c1-37(2)20-38(3,4)36(37)41-32(46)25-9-7-23(8-10-25)5-6-24-16-39(17-24)21-43(22-39)27-18-42(19-27)26-11-12-28-29(15-26)35(49)44(34(28)48)30-13-14-31(45)40-33(30)47/h7-12,15,24,27,30,36H,13-14,16-22H2,1-4H3,(H,41,46)(H,40,45,47). The average Bonchev–Trinajstić information content (AvgIpc) is 3.23. The van der Waals surface area contributed by atoms with Gasteiger partial charge in [-0.3, -0.25) is 39.1 Å². The van der Waals surface area contributed by atoms with E-state index in [-0.39, 0.29) is 41.5 Å². The van der Waals surface area contributed by atoms with Gasteiger partial charge in [-0.25, -0.2) is 0 Å². The number of hydrogen-bond donors (Lipinski definition) is 2. The molecule has 1 atom stereocenters. The summed E-state index contributed by atoms with van der Waals surface area (Å²) in [6.07, 6.45) is 3.58. The Kier molecular flexibility index (Phi) is 7.14. The molecule has 1 spiro atoms. The molecule has 2 aliphatic carbocycles. The van der Waals surface area contributed by atoms with E-state index in [4.69, 9.17) is 0 Å². The minimum Gasteiger partial charge on any atom is -0.368 e. The lowest BCUT2D eigenvalue weighted by molar-refractivity contribution is -0.136. The van der Waals surface area contributed by atoms with E-state index in [9.17, 15) is 24.0 Å². The maximum Gasteiger partial charge on any atom is 0.262 e. The number of anilines is 1. The lowest BCUT2D eigenvalue weighted by atomic mass is 9.52. The number of rotatable bonds is 5. The molecular formula is C39H43N5O5. The van der Waals surface area contributed by atoms with E-state index in [1.54, 1.807) is 12.1 Å². The second kappa shape index (κ2) is 11.0. The normalized spacial score (nSPS) is 26.9. The summed E-state index contributed by atoms with van der Waals surface area (Å²) in [5.74, 6) is 5.24. The van der Waals surface area contributed by atoms with Gasteiger partial charge in [0.05, 0.1) is 11.1 Å². The van der Waals surface area contributed by atoms with Gasteiger partial charge in [0.2, 0.25) is 11.8 Å². The Morgan fingerprint density at radius 3 is 2.22 bits per heavy atom. The van der Waals surface area contributed by atoms with Crippen molar-refractivity contribution in [3.8, 4) is 11.8 Å². The molecule has 6 aliphatic rings. The molecule has 10 heteroatoms. The summed E-state index contributed by atoms with van der Waals surface area (Å²) in [6, 6.07) is 12.6. The minimum atomic E-state index is -0.957. The first-order valence-electron chi connectivity index (χ1n) is 17.5. The zero-order chi connectivity index (χ0) is 34.5. The Balaban J connectivity index is 0.795. The van der Waals surface area contributed by atoms with Crippen molar-refractivity contribution < 1.29 is 24.0 Å².